The van der Waals surface area contributed by atoms with Crippen LogP contribution in [0, 0.1) is 0 Å². The SMILES string of the molecule is C1CCC(NC2CCCCC2)CC1.O=C(O)Cc1ccccc1C(F)(F)F. The van der Waals surface area contributed by atoms with E-state index in [0.29, 0.717) is 0 Å². The molecular formula is C21H30F3NO2. The van der Waals surface area contributed by atoms with Gasteiger partial charge < -0.3 is 10.4 Å². The van der Waals surface area contributed by atoms with Crippen molar-refractivity contribution in [2.45, 2.75) is 88.9 Å². The number of nitrogens with one attached hydrogen (secondary N) is 1. The first kappa shape index (κ1) is 21.7. The highest BCUT2D eigenvalue weighted by Gasteiger charge is 2.33. The molecule has 3 rings (SSSR count). The summed E-state index contributed by atoms with van der Waals surface area (Å²) in [7, 11) is 0. The Labute approximate surface area is 159 Å². The Morgan fingerprint density at radius 3 is 1.85 bits per heavy atom. The van der Waals surface area contributed by atoms with Crippen molar-refractivity contribution in [2.24, 2.45) is 0 Å². The Balaban J connectivity index is 0.000000194. The van der Waals surface area contributed by atoms with E-state index in [4.69, 9.17) is 5.11 Å². The smallest absolute Gasteiger partial charge is 0.416 e. The third-order valence-corrected chi connectivity index (χ3v) is 5.35. The van der Waals surface area contributed by atoms with E-state index in [2.05, 4.69) is 5.32 Å². The Kier molecular flexibility index (Phi) is 8.61. The van der Waals surface area contributed by atoms with E-state index in [1.165, 1.54) is 76.3 Å². The van der Waals surface area contributed by atoms with Crippen molar-refractivity contribution in [1.29, 1.82) is 0 Å². The van der Waals surface area contributed by atoms with Gasteiger partial charge in [0.15, 0.2) is 0 Å². The predicted octanol–water partition coefficient (Wildman–Crippen LogP) is 5.57. The number of hydrogen-bond donors (Lipinski definition) is 2. The summed E-state index contributed by atoms with van der Waals surface area (Å²) in [4.78, 5) is 10.3. The van der Waals surface area contributed by atoms with Crippen LogP contribution in [0.15, 0.2) is 24.3 Å². The van der Waals surface area contributed by atoms with Gasteiger partial charge >= 0.3 is 12.1 Å². The Bertz CT molecular complexity index is 561. The normalized spacial score (nSPS) is 19.2. The minimum Gasteiger partial charge on any atom is -0.481 e. The molecule has 2 saturated carbocycles. The van der Waals surface area contributed by atoms with Crippen molar-refractivity contribution in [1.82, 2.24) is 5.32 Å². The topological polar surface area (TPSA) is 49.3 Å². The first-order chi connectivity index (χ1) is 12.9. The number of rotatable bonds is 4. The molecule has 0 unspecified atom stereocenters. The van der Waals surface area contributed by atoms with Gasteiger partial charge in [0.2, 0.25) is 0 Å². The maximum Gasteiger partial charge on any atom is 0.416 e. The minimum atomic E-state index is -4.49. The molecule has 3 nitrogen and oxygen atoms in total. The van der Waals surface area contributed by atoms with Gasteiger partial charge in [0.05, 0.1) is 12.0 Å². The van der Waals surface area contributed by atoms with Crippen LogP contribution in [0.1, 0.15) is 75.3 Å². The van der Waals surface area contributed by atoms with E-state index in [-0.39, 0.29) is 5.56 Å². The summed E-state index contributed by atoms with van der Waals surface area (Å²) in [5, 5.41) is 12.2. The minimum absolute atomic E-state index is 0.215. The van der Waals surface area contributed by atoms with Gasteiger partial charge in [0.25, 0.3) is 0 Å². The van der Waals surface area contributed by atoms with Crippen molar-refractivity contribution >= 4 is 5.97 Å². The maximum absolute atomic E-state index is 12.3. The summed E-state index contributed by atoms with van der Waals surface area (Å²) in [6.45, 7) is 0. The molecule has 0 radical (unpaired) electrons. The van der Waals surface area contributed by atoms with Crippen LogP contribution in [0.4, 0.5) is 13.2 Å². The molecule has 0 saturated heterocycles. The van der Waals surface area contributed by atoms with Crippen molar-refractivity contribution in [2.75, 3.05) is 0 Å². The van der Waals surface area contributed by atoms with E-state index in [9.17, 15) is 18.0 Å². The highest BCUT2D eigenvalue weighted by molar-refractivity contribution is 5.70. The van der Waals surface area contributed by atoms with E-state index in [0.717, 1.165) is 24.2 Å². The lowest BCUT2D eigenvalue weighted by molar-refractivity contribution is -0.139. The highest BCUT2D eigenvalue weighted by atomic mass is 19.4. The van der Waals surface area contributed by atoms with Crippen LogP contribution in [0.3, 0.4) is 0 Å². The quantitative estimate of drug-likeness (QED) is 0.712. The zero-order valence-corrected chi connectivity index (χ0v) is 15.7. The summed E-state index contributed by atoms with van der Waals surface area (Å²) in [6, 6.07) is 6.39. The van der Waals surface area contributed by atoms with Crippen LogP contribution in [0.25, 0.3) is 0 Å². The maximum atomic E-state index is 12.3. The average Bonchev–Trinajstić information content (AvgIpc) is 2.63. The Morgan fingerprint density at radius 2 is 1.41 bits per heavy atom. The molecule has 0 atom stereocenters. The number of hydrogen-bond acceptors (Lipinski definition) is 2. The summed E-state index contributed by atoms with van der Waals surface area (Å²) in [5.74, 6) is -1.28. The molecule has 2 N–H and O–H groups in total. The Hall–Kier alpha value is -1.56. The molecule has 2 fully saturated rings. The molecule has 0 heterocycles. The van der Waals surface area contributed by atoms with E-state index in [1.54, 1.807) is 0 Å². The number of halogens is 3. The van der Waals surface area contributed by atoms with Gasteiger partial charge in [0, 0.05) is 12.1 Å². The molecule has 0 amide bonds. The second-order valence-electron chi connectivity index (χ2n) is 7.56. The highest BCUT2D eigenvalue weighted by Crippen LogP contribution is 2.32. The molecule has 0 spiro atoms. The second-order valence-corrected chi connectivity index (χ2v) is 7.56. The van der Waals surface area contributed by atoms with Gasteiger partial charge in [-0.15, -0.1) is 0 Å². The summed E-state index contributed by atoms with van der Waals surface area (Å²) in [5.41, 5.74) is -1.10. The molecule has 1 aromatic rings. The molecule has 2 aliphatic carbocycles. The molecule has 152 valence electrons. The number of aliphatic carboxylic acids is 1. The van der Waals surface area contributed by atoms with E-state index >= 15 is 0 Å². The summed E-state index contributed by atoms with van der Waals surface area (Å²) < 4.78 is 36.9. The molecule has 0 bridgehead atoms. The van der Waals surface area contributed by atoms with Crippen molar-refractivity contribution in [3.63, 3.8) is 0 Å². The standard InChI is InChI=1S/C12H23N.C9H7F3O2/c1-3-7-11(8-4-1)13-12-9-5-2-6-10-12;10-9(11,12)7-4-2-1-3-6(7)5-8(13)14/h11-13H,1-10H2;1-4H,5H2,(H,13,14). The number of carboxylic acids is 1. The van der Waals surface area contributed by atoms with E-state index in [1.807, 2.05) is 0 Å². The molecule has 2 aliphatic rings. The second kappa shape index (κ2) is 10.7. The molecule has 1 aromatic carbocycles. The van der Waals surface area contributed by atoms with E-state index < -0.39 is 24.1 Å². The monoisotopic (exact) mass is 385 g/mol. The molecule has 0 aromatic heterocycles. The van der Waals surface area contributed by atoms with Gasteiger partial charge in [-0.1, -0.05) is 56.7 Å². The van der Waals surface area contributed by atoms with Gasteiger partial charge in [-0.3, -0.25) is 4.79 Å². The lowest BCUT2D eigenvalue weighted by Crippen LogP contribution is -2.40. The van der Waals surface area contributed by atoms with Crippen LogP contribution >= 0.6 is 0 Å². The van der Waals surface area contributed by atoms with Gasteiger partial charge in [-0.05, 0) is 37.3 Å². The van der Waals surface area contributed by atoms with Crippen molar-refractivity contribution in [3.8, 4) is 0 Å². The average molecular weight is 385 g/mol. The van der Waals surface area contributed by atoms with Crippen LogP contribution < -0.4 is 5.32 Å². The first-order valence-electron chi connectivity index (χ1n) is 9.99. The van der Waals surface area contributed by atoms with Crippen LogP contribution in [0.2, 0.25) is 0 Å². The zero-order chi connectivity index (χ0) is 19.7. The van der Waals surface area contributed by atoms with Crippen molar-refractivity contribution < 1.29 is 23.1 Å². The van der Waals surface area contributed by atoms with Crippen LogP contribution in [-0.2, 0) is 17.4 Å². The van der Waals surface area contributed by atoms with Gasteiger partial charge in [-0.25, -0.2) is 0 Å². The summed E-state index contributed by atoms with van der Waals surface area (Å²) >= 11 is 0. The van der Waals surface area contributed by atoms with Crippen LogP contribution in [-0.4, -0.2) is 23.2 Å². The van der Waals surface area contributed by atoms with Crippen molar-refractivity contribution in [3.05, 3.63) is 35.4 Å². The number of alkyl halides is 3. The fraction of sp³-hybridized carbons (Fsp3) is 0.667. The predicted molar refractivity (Wildman–Crippen MR) is 99.7 cm³/mol. The number of benzene rings is 1. The summed E-state index contributed by atoms with van der Waals surface area (Å²) in [6.07, 6.45) is 9.46. The third kappa shape index (κ3) is 7.91. The molecule has 6 heteroatoms. The number of carboxylic acid groups (broad SMARTS) is 1. The first-order valence-corrected chi connectivity index (χ1v) is 9.99. The zero-order valence-electron chi connectivity index (χ0n) is 15.7. The largest absolute Gasteiger partial charge is 0.481 e. The van der Waals surface area contributed by atoms with Crippen LogP contribution in [0.5, 0.6) is 0 Å². The Morgan fingerprint density at radius 1 is 0.926 bits per heavy atom. The fourth-order valence-electron chi connectivity index (χ4n) is 3.99. The van der Waals surface area contributed by atoms with Gasteiger partial charge in [0.1, 0.15) is 0 Å². The lowest BCUT2D eigenvalue weighted by atomic mass is 9.91. The molecule has 27 heavy (non-hydrogen) atoms. The lowest BCUT2D eigenvalue weighted by Gasteiger charge is -2.30. The molecular weight excluding hydrogens is 355 g/mol. The molecule has 0 aliphatic heterocycles. The third-order valence-electron chi connectivity index (χ3n) is 5.35. The fourth-order valence-corrected chi connectivity index (χ4v) is 3.99. The van der Waals surface area contributed by atoms with Gasteiger partial charge in [-0.2, -0.15) is 13.2 Å². The number of carbonyl (C=O) groups is 1.